The summed E-state index contributed by atoms with van der Waals surface area (Å²) in [5, 5.41) is 31.9. The van der Waals surface area contributed by atoms with Gasteiger partial charge in [-0.05, 0) is 55.2 Å². The number of nitrogens with one attached hydrogen (secondary N) is 1. The maximum Gasteiger partial charge on any atom is 0.115 e. The summed E-state index contributed by atoms with van der Waals surface area (Å²) in [5.74, 6) is 0.484. The summed E-state index contributed by atoms with van der Waals surface area (Å²) in [6, 6.07) is 14.1. The Morgan fingerprint density at radius 2 is 1.77 bits per heavy atom. The molecule has 22 heavy (non-hydrogen) atoms. The van der Waals surface area contributed by atoms with Crippen molar-refractivity contribution in [1.82, 2.24) is 5.32 Å². The summed E-state index contributed by atoms with van der Waals surface area (Å²) >= 11 is 0. The lowest BCUT2D eigenvalue weighted by atomic mass is 10.1. The Morgan fingerprint density at radius 3 is 2.41 bits per heavy atom. The van der Waals surface area contributed by atoms with E-state index in [-0.39, 0.29) is 17.5 Å². The molecule has 118 valence electrons. The zero-order valence-corrected chi connectivity index (χ0v) is 12.7. The molecule has 2 unspecified atom stereocenters. The van der Waals surface area contributed by atoms with Crippen molar-refractivity contribution >= 4 is 0 Å². The molecule has 2 rings (SSSR count). The maximum absolute atomic E-state index is 10.1. The number of hydrogen-bond donors (Lipinski definition) is 4. The quantitative estimate of drug-likeness (QED) is 0.634. The Morgan fingerprint density at radius 1 is 1.14 bits per heavy atom. The van der Waals surface area contributed by atoms with E-state index in [1.165, 1.54) is 5.56 Å². The fourth-order valence-corrected chi connectivity index (χ4v) is 2.27. The summed E-state index contributed by atoms with van der Waals surface area (Å²) in [7, 11) is 0. The average Bonchev–Trinajstić information content (AvgIpc) is 2.52. The van der Waals surface area contributed by atoms with Gasteiger partial charge in [0.15, 0.2) is 0 Å². The third-order valence-electron chi connectivity index (χ3n) is 3.74. The van der Waals surface area contributed by atoms with Gasteiger partial charge in [0, 0.05) is 12.6 Å². The number of phenolic OH excluding ortho intramolecular Hbond substituents is 2. The molecule has 0 heterocycles. The van der Waals surface area contributed by atoms with Gasteiger partial charge < -0.3 is 20.6 Å². The van der Waals surface area contributed by atoms with Gasteiger partial charge in [-0.3, -0.25) is 0 Å². The van der Waals surface area contributed by atoms with Crippen LogP contribution in [-0.2, 0) is 6.42 Å². The van der Waals surface area contributed by atoms with Crippen LogP contribution in [0.4, 0.5) is 0 Å². The third-order valence-corrected chi connectivity index (χ3v) is 3.74. The molecule has 2 aromatic rings. The molecule has 0 fully saturated rings. The van der Waals surface area contributed by atoms with E-state index in [9.17, 15) is 15.3 Å². The van der Waals surface area contributed by atoms with Crippen LogP contribution in [0.15, 0.2) is 48.5 Å². The van der Waals surface area contributed by atoms with Crippen LogP contribution in [-0.4, -0.2) is 27.9 Å². The van der Waals surface area contributed by atoms with Crippen molar-refractivity contribution in [2.45, 2.75) is 31.9 Å². The molecule has 4 heteroatoms. The van der Waals surface area contributed by atoms with Gasteiger partial charge in [0.1, 0.15) is 11.5 Å². The number of aryl methyl sites for hydroxylation is 1. The van der Waals surface area contributed by atoms with E-state index in [1.807, 2.05) is 12.1 Å². The van der Waals surface area contributed by atoms with E-state index >= 15 is 0 Å². The minimum atomic E-state index is -0.586. The van der Waals surface area contributed by atoms with E-state index in [0.717, 1.165) is 18.4 Å². The Balaban J connectivity index is 1.73. The smallest absolute Gasteiger partial charge is 0.115 e. The maximum atomic E-state index is 10.1. The van der Waals surface area contributed by atoms with Gasteiger partial charge in [-0.1, -0.05) is 24.3 Å². The van der Waals surface area contributed by atoms with Crippen LogP contribution in [0.3, 0.4) is 0 Å². The second kappa shape index (κ2) is 7.82. The van der Waals surface area contributed by atoms with Gasteiger partial charge in [0.25, 0.3) is 0 Å². The number of hydrogen-bond acceptors (Lipinski definition) is 4. The Labute approximate surface area is 131 Å². The monoisotopic (exact) mass is 313 g/mol. The van der Waals surface area contributed by atoms with E-state index in [0.29, 0.717) is 6.54 Å². The molecule has 0 aliphatic carbocycles. The molecule has 0 aliphatic heterocycles. The van der Waals surface area contributed by atoms with E-state index in [4.69, 9.17) is 0 Å². The van der Waals surface area contributed by atoms with Gasteiger partial charge in [0.2, 0.25) is 0 Å². The lowest BCUT2D eigenvalue weighted by molar-refractivity contribution is 0.170. The molecular formula is C18H23NO3. The number of rotatable bonds is 7. The summed E-state index contributed by atoms with van der Waals surface area (Å²) in [6.07, 6.45) is 1.29. The highest BCUT2D eigenvalue weighted by atomic mass is 16.5. The van der Waals surface area contributed by atoms with E-state index in [1.54, 1.807) is 36.4 Å². The first-order valence-electron chi connectivity index (χ1n) is 7.53. The molecular weight excluding hydrogens is 290 g/mol. The SMILES string of the molecule is CC(CC[14c]1[14cH][14cH][14c](O)[14cH][14cH]1)NCC(O)c1ccc(O)cc1. The van der Waals surface area contributed by atoms with Crippen LogP contribution in [0.2, 0.25) is 0 Å². The third kappa shape index (κ3) is 5.06. The Kier molecular flexibility index (Phi) is 5.81. The average molecular weight is 313 g/mol. The molecule has 0 saturated heterocycles. The predicted molar refractivity (Wildman–Crippen MR) is 87.0 cm³/mol. The highest BCUT2D eigenvalue weighted by molar-refractivity contribution is 5.27. The van der Waals surface area contributed by atoms with Crippen LogP contribution in [0.1, 0.15) is 30.6 Å². The first-order chi connectivity index (χ1) is 10.5. The molecule has 2 atom stereocenters. The number of benzene rings is 2. The first-order valence-corrected chi connectivity index (χ1v) is 7.53. The molecule has 4 N–H and O–H groups in total. The minimum absolute atomic E-state index is 0.200. The van der Waals surface area contributed by atoms with Crippen LogP contribution >= 0.6 is 0 Å². The number of aliphatic hydroxyl groups excluding tert-OH is 1. The number of aromatic hydroxyl groups is 2. The Bertz CT molecular complexity index is 566. The van der Waals surface area contributed by atoms with Gasteiger partial charge in [0.05, 0.1) is 6.10 Å². The summed E-state index contributed by atoms with van der Waals surface area (Å²) in [4.78, 5) is 0. The van der Waals surface area contributed by atoms with Crippen molar-refractivity contribution in [3.05, 3.63) is 59.7 Å². The second-order valence-corrected chi connectivity index (χ2v) is 5.62. The van der Waals surface area contributed by atoms with Gasteiger partial charge in [-0.15, -0.1) is 0 Å². The van der Waals surface area contributed by atoms with Crippen LogP contribution in [0, 0.1) is 0 Å². The predicted octanol–water partition coefficient (Wildman–Crippen LogP) is 2.74. The topological polar surface area (TPSA) is 72.7 Å². The minimum Gasteiger partial charge on any atom is -0.508 e. The molecule has 0 spiro atoms. The van der Waals surface area contributed by atoms with Gasteiger partial charge >= 0.3 is 0 Å². The molecule has 0 aromatic heterocycles. The van der Waals surface area contributed by atoms with Crippen LogP contribution in [0.25, 0.3) is 0 Å². The molecule has 0 saturated carbocycles. The lowest BCUT2D eigenvalue weighted by Gasteiger charge is -2.17. The van der Waals surface area contributed by atoms with Gasteiger partial charge in [-0.2, -0.15) is 0 Å². The van der Waals surface area contributed by atoms with Crippen molar-refractivity contribution in [3.63, 3.8) is 0 Å². The summed E-state index contributed by atoms with van der Waals surface area (Å²) < 4.78 is 0. The van der Waals surface area contributed by atoms with Crippen molar-refractivity contribution in [2.24, 2.45) is 0 Å². The highest BCUT2D eigenvalue weighted by Crippen LogP contribution is 2.16. The lowest BCUT2D eigenvalue weighted by Crippen LogP contribution is -2.30. The Hall–Kier alpha value is -2.04. The van der Waals surface area contributed by atoms with Crippen LogP contribution < -0.4 is 5.32 Å². The van der Waals surface area contributed by atoms with Crippen molar-refractivity contribution in [1.29, 1.82) is 0 Å². The molecule has 0 aliphatic rings. The zero-order chi connectivity index (χ0) is 15.9. The van der Waals surface area contributed by atoms with E-state index < -0.39 is 6.10 Å². The molecule has 0 bridgehead atoms. The van der Waals surface area contributed by atoms with E-state index in [2.05, 4.69) is 12.2 Å². The van der Waals surface area contributed by atoms with Crippen molar-refractivity contribution in [2.75, 3.05) is 6.54 Å². The summed E-state index contributed by atoms with van der Waals surface area (Å²) in [6.45, 7) is 2.56. The summed E-state index contributed by atoms with van der Waals surface area (Å²) in [5.41, 5.74) is 1.97. The molecule has 4 nitrogen and oxygen atoms in total. The highest BCUT2D eigenvalue weighted by Gasteiger charge is 2.09. The largest absolute Gasteiger partial charge is 0.508 e. The van der Waals surface area contributed by atoms with Crippen LogP contribution in [0.5, 0.6) is 11.5 Å². The molecule has 0 radical (unpaired) electrons. The number of aliphatic hydroxyl groups is 1. The normalized spacial score (nSPS) is 13.7. The molecule has 2 aromatic carbocycles. The first kappa shape index (κ1) is 16.3. The molecule has 0 amide bonds. The van der Waals surface area contributed by atoms with Crippen molar-refractivity contribution in [3.8, 4) is 11.5 Å². The fourth-order valence-electron chi connectivity index (χ4n) is 2.27. The standard InChI is InChI=1S/C18H23NO3/c1-13(2-3-14-4-8-16(20)9-5-14)19-12-18(22)15-6-10-17(21)11-7-15/h4-11,13,18-22H,2-3,12H2,1H3/i4+2,5+2,8+2,9+2,14+2,16+2. The van der Waals surface area contributed by atoms with Crippen molar-refractivity contribution < 1.29 is 15.3 Å². The zero-order valence-electron chi connectivity index (χ0n) is 12.7. The number of phenols is 2. The fraction of sp³-hybridized carbons (Fsp3) is 0.333. The second-order valence-electron chi connectivity index (χ2n) is 5.62. The van der Waals surface area contributed by atoms with Gasteiger partial charge in [-0.25, -0.2) is 0 Å².